The van der Waals surface area contributed by atoms with Gasteiger partial charge >= 0.3 is 0 Å². The highest BCUT2D eigenvalue weighted by atomic mass is 15.3. The second-order valence-corrected chi connectivity index (χ2v) is 1.68. The molecule has 0 aromatic carbocycles. The third-order valence-corrected chi connectivity index (χ3v) is 0.925. The summed E-state index contributed by atoms with van der Waals surface area (Å²) in [6.45, 7) is 2.77. The highest BCUT2D eigenvalue weighted by molar-refractivity contribution is 5.81. The van der Waals surface area contributed by atoms with Gasteiger partial charge in [-0.3, -0.25) is 10.4 Å². The Labute approximate surface area is 48.5 Å². The lowest BCUT2D eigenvalue weighted by Gasteiger charge is -1.91. The topological polar surface area (TPSA) is 36.8 Å². The molecule has 0 saturated carbocycles. The van der Waals surface area contributed by atoms with Crippen molar-refractivity contribution in [3.63, 3.8) is 0 Å². The molecule has 1 aliphatic rings. The maximum Gasteiger partial charge on any atom is 0.113 e. The van der Waals surface area contributed by atoms with E-state index in [2.05, 4.69) is 15.5 Å². The Bertz CT molecular complexity index is 126. The number of nitrogens with one attached hydrogen (secondary N) is 1. The lowest BCUT2D eigenvalue weighted by Crippen LogP contribution is -2.11. The average molecular weight is 111 g/mol. The molecule has 0 amide bonds. The van der Waals surface area contributed by atoms with E-state index in [9.17, 15) is 0 Å². The maximum absolute atomic E-state index is 4.10. The maximum atomic E-state index is 4.10. The molecule has 44 valence electrons. The van der Waals surface area contributed by atoms with Crippen LogP contribution in [0, 0.1) is 0 Å². The van der Waals surface area contributed by atoms with Crippen molar-refractivity contribution >= 4 is 12.1 Å². The van der Waals surface area contributed by atoms with Crippen LogP contribution >= 0.6 is 0 Å². The van der Waals surface area contributed by atoms with Gasteiger partial charge in [-0.15, -0.1) is 0 Å². The summed E-state index contributed by atoms with van der Waals surface area (Å²) in [6.07, 6.45) is 2.78. The SMILES string of the molecule is CC1=NCCC=NN1. The molecule has 0 radical (unpaired) electrons. The first-order valence-electron chi connectivity index (χ1n) is 2.68. The summed E-state index contributed by atoms with van der Waals surface area (Å²) in [5, 5.41) is 3.85. The molecule has 1 N–H and O–H groups in total. The van der Waals surface area contributed by atoms with Crippen LogP contribution in [0.3, 0.4) is 0 Å². The fourth-order valence-corrected chi connectivity index (χ4v) is 0.529. The third-order valence-electron chi connectivity index (χ3n) is 0.925. The van der Waals surface area contributed by atoms with Gasteiger partial charge in [0.2, 0.25) is 0 Å². The van der Waals surface area contributed by atoms with E-state index in [0.717, 1.165) is 18.8 Å². The zero-order valence-electron chi connectivity index (χ0n) is 4.89. The Morgan fingerprint density at radius 2 is 2.62 bits per heavy atom. The lowest BCUT2D eigenvalue weighted by atomic mass is 10.5. The average Bonchev–Trinajstić information content (AvgIpc) is 1.94. The number of hydrazone groups is 1. The number of aliphatic imine (C=N–C) groups is 1. The van der Waals surface area contributed by atoms with Gasteiger partial charge in [-0.2, -0.15) is 5.10 Å². The molecule has 0 bridgehead atoms. The van der Waals surface area contributed by atoms with E-state index < -0.39 is 0 Å². The number of rotatable bonds is 0. The molecule has 0 aliphatic carbocycles. The van der Waals surface area contributed by atoms with Crippen LogP contribution in [0.15, 0.2) is 10.1 Å². The van der Waals surface area contributed by atoms with Crippen LogP contribution in [0.2, 0.25) is 0 Å². The van der Waals surface area contributed by atoms with Crippen molar-refractivity contribution in [2.24, 2.45) is 10.1 Å². The first kappa shape index (κ1) is 5.28. The Morgan fingerprint density at radius 1 is 1.75 bits per heavy atom. The van der Waals surface area contributed by atoms with Gasteiger partial charge in [-0.1, -0.05) is 0 Å². The van der Waals surface area contributed by atoms with Crippen LogP contribution in [-0.4, -0.2) is 18.6 Å². The predicted molar refractivity (Wildman–Crippen MR) is 34.2 cm³/mol. The number of hydrogen-bond donors (Lipinski definition) is 1. The molecule has 8 heavy (non-hydrogen) atoms. The van der Waals surface area contributed by atoms with Crippen LogP contribution in [0.5, 0.6) is 0 Å². The molecular formula is C5H9N3. The van der Waals surface area contributed by atoms with E-state index in [0.29, 0.717) is 0 Å². The minimum absolute atomic E-state index is 0.863. The van der Waals surface area contributed by atoms with Gasteiger partial charge in [-0.25, -0.2) is 0 Å². The molecule has 0 unspecified atom stereocenters. The monoisotopic (exact) mass is 111 g/mol. The predicted octanol–water partition coefficient (Wildman–Crippen LogP) is 0.384. The Morgan fingerprint density at radius 3 is 3.50 bits per heavy atom. The van der Waals surface area contributed by atoms with Crippen molar-refractivity contribution < 1.29 is 0 Å². The smallest absolute Gasteiger partial charge is 0.113 e. The van der Waals surface area contributed by atoms with Crippen molar-refractivity contribution in [2.45, 2.75) is 13.3 Å². The molecule has 1 heterocycles. The molecule has 0 saturated heterocycles. The quantitative estimate of drug-likeness (QED) is 0.482. The Kier molecular flexibility index (Phi) is 1.62. The van der Waals surface area contributed by atoms with E-state index >= 15 is 0 Å². The summed E-state index contributed by atoms with van der Waals surface area (Å²) in [7, 11) is 0. The second-order valence-electron chi connectivity index (χ2n) is 1.68. The highest BCUT2D eigenvalue weighted by Gasteiger charge is 1.88. The van der Waals surface area contributed by atoms with Crippen molar-refractivity contribution in [1.29, 1.82) is 0 Å². The van der Waals surface area contributed by atoms with E-state index in [1.165, 1.54) is 0 Å². The molecule has 3 nitrogen and oxygen atoms in total. The van der Waals surface area contributed by atoms with Crippen LogP contribution in [0.25, 0.3) is 0 Å². The van der Waals surface area contributed by atoms with Crippen LogP contribution in [0.1, 0.15) is 13.3 Å². The molecule has 1 aliphatic heterocycles. The second kappa shape index (κ2) is 2.45. The first-order valence-corrected chi connectivity index (χ1v) is 2.68. The Balaban J connectivity index is 2.51. The number of amidine groups is 1. The fourth-order valence-electron chi connectivity index (χ4n) is 0.529. The molecule has 0 atom stereocenters. The minimum atomic E-state index is 0.863. The summed E-state index contributed by atoms with van der Waals surface area (Å²) >= 11 is 0. The van der Waals surface area contributed by atoms with E-state index in [1.54, 1.807) is 0 Å². The highest BCUT2D eigenvalue weighted by Crippen LogP contribution is 1.82. The molecule has 3 heteroatoms. The Hall–Kier alpha value is -0.860. The van der Waals surface area contributed by atoms with Gasteiger partial charge in [0.15, 0.2) is 0 Å². The van der Waals surface area contributed by atoms with Gasteiger partial charge in [-0.05, 0) is 6.92 Å². The first-order chi connectivity index (χ1) is 3.89. The summed E-state index contributed by atoms with van der Waals surface area (Å²) in [5.41, 5.74) is 2.76. The third kappa shape index (κ3) is 1.33. The largest absolute Gasteiger partial charge is 0.271 e. The van der Waals surface area contributed by atoms with Crippen molar-refractivity contribution in [3.05, 3.63) is 0 Å². The molecule has 0 fully saturated rings. The normalized spacial score (nSPS) is 18.9. The summed E-state index contributed by atoms with van der Waals surface area (Å²) < 4.78 is 0. The molecule has 0 spiro atoms. The number of nitrogens with zero attached hydrogens (tertiary/aromatic N) is 2. The van der Waals surface area contributed by atoms with Gasteiger partial charge < -0.3 is 0 Å². The lowest BCUT2D eigenvalue weighted by molar-refractivity contribution is 1.02. The van der Waals surface area contributed by atoms with Gasteiger partial charge in [0.1, 0.15) is 5.84 Å². The van der Waals surface area contributed by atoms with E-state index in [4.69, 9.17) is 0 Å². The van der Waals surface area contributed by atoms with E-state index in [1.807, 2.05) is 13.1 Å². The van der Waals surface area contributed by atoms with Crippen LogP contribution in [-0.2, 0) is 0 Å². The number of hydrogen-bond acceptors (Lipinski definition) is 3. The minimum Gasteiger partial charge on any atom is -0.271 e. The van der Waals surface area contributed by atoms with Gasteiger partial charge in [0, 0.05) is 19.2 Å². The summed E-state index contributed by atoms with van der Waals surface area (Å²) in [4.78, 5) is 4.10. The van der Waals surface area contributed by atoms with Crippen molar-refractivity contribution in [3.8, 4) is 0 Å². The zero-order valence-corrected chi connectivity index (χ0v) is 4.89. The zero-order chi connectivity index (χ0) is 5.82. The van der Waals surface area contributed by atoms with E-state index in [-0.39, 0.29) is 0 Å². The van der Waals surface area contributed by atoms with Crippen LogP contribution < -0.4 is 5.43 Å². The standard InChI is InChI=1S/C5H9N3/c1-5-6-3-2-4-7-8-5/h4H,2-3H2,1H3,(H,6,8). The van der Waals surface area contributed by atoms with Crippen molar-refractivity contribution in [1.82, 2.24) is 5.43 Å². The summed E-state index contributed by atoms with van der Waals surface area (Å²) in [6, 6.07) is 0. The van der Waals surface area contributed by atoms with Crippen molar-refractivity contribution in [2.75, 3.05) is 6.54 Å². The van der Waals surface area contributed by atoms with Crippen LogP contribution in [0.4, 0.5) is 0 Å². The van der Waals surface area contributed by atoms with Gasteiger partial charge in [0.25, 0.3) is 0 Å². The fraction of sp³-hybridized carbons (Fsp3) is 0.600. The van der Waals surface area contributed by atoms with Gasteiger partial charge in [0.05, 0.1) is 0 Å². The molecule has 1 rings (SSSR count). The molecule has 0 aromatic heterocycles. The molecule has 0 aromatic rings. The summed E-state index contributed by atoms with van der Waals surface area (Å²) in [5.74, 6) is 0.902. The molecular weight excluding hydrogens is 102 g/mol.